The quantitative estimate of drug-likeness (QED) is 0.661. The zero-order chi connectivity index (χ0) is 14.4. The van der Waals surface area contributed by atoms with E-state index in [9.17, 15) is 8.42 Å². The Kier molecular flexibility index (Phi) is 6.73. The van der Waals surface area contributed by atoms with Crippen LogP contribution in [0.2, 0.25) is 0 Å². The van der Waals surface area contributed by atoms with E-state index in [1.54, 1.807) is 0 Å². The van der Waals surface area contributed by atoms with Crippen LogP contribution < -0.4 is 10.0 Å². The van der Waals surface area contributed by atoms with Crippen molar-refractivity contribution in [1.82, 2.24) is 10.0 Å². The zero-order valence-corrected chi connectivity index (χ0v) is 13.2. The van der Waals surface area contributed by atoms with E-state index in [-0.39, 0.29) is 17.4 Å². The van der Waals surface area contributed by atoms with Crippen LogP contribution in [0.1, 0.15) is 46.5 Å². The predicted molar refractivity (Wildman–Crippen MR) is 77.8 cm³/mol. The van der Waals surface area contributed by atoms with Gasteiger partial charge in [-0.1, -0.05) is 6.92 Å². The minimum absolute atomic E-state index is 0.0114. The summed E-state index contributed by atoms with van der Waals surface area (Å²) in [5.74, 6) is 0.196. The third-order valence-corrected chi connectivity index (χ3v) is 4.76. The van der Waals surface area contributed by atoms with Gasteiger partial charge < -0.3 is 10.1 Å². The second-order valence-electron chi connectivity index (χ2n) is 5.84. The van der Waals surface area contributed by atoms with Gasteiger partial charge in [0.25, 0.3) is 0 Å². The Morgan fingerprint density at radius 2 is 2.05 bits per heavy atom. The predicted octanol–water partition coefficient (Wildman–Crippen LogP) is 1.25. The van der Waals surface area contributed by atoms with E-state index in [0.29, 0.717) is 13.0 Å². The van der Waals surface area contributed by atoms with Gasteiger partial charge >= 0.3 is 0 Å². The minimum Gasteiger partial charge on any atom is -0.375 e. The first-order valence-corrected chi connectivity index (χ1v) is 8.84. The van der Waals surface area contributed by atoms with Crippen molar-refractivity contribution in [1.29, 1.82) is 0 Å². The molecule has 114 valence electrons. The molecule has 0 amide bonds. The second-order valence-corrected chi connectivity index (χ2v) is 7.71. The van der Waals surface area contributed by atoms with Crippen LogP contribution in [0.4, 0.5) is 0 Å². The van der Waals surface area contributed by atoms with Crippen molar-refractivity contribution in [3.8, 4) is 0 Å². The summed E-state index contributed by atoms with van der Waals surface area (Å²) in [5, 5.41) is 3.21. The summed E-state index contributed by atoms with van der Waals surface area (Å²) in [5.41, 5.74) is -0.228. The van der Waals surface area contributed by atoms with Crippen LogP contribution in [-0.2, 0) is 14.8 Å². The topological polar surface area (TPSA) is 67.4 Å². The Morgan fingerprint density at radius 3 is 2.68 bits per heavy atom. The molecule has 2 N–H and O–H groups in total. The number of nitrogens with one attached hydrogen (secondary N) is 2. The molecule has 1 aliphatic rings. The third kappa shape index (κ3) is 7.25. The molecule has 0 aromatic rings. The average Bonchev–Trinajstić information content (AvgIpc) is 2.26. The van der Waals surface area contributed by atoms with Gasteiger partial charge in [-0.2, -0.15) is 0 Å². The van der Waals surface area contributed by atoms with E-state index in [0.717, 1.165) is 32.4 Å². The number of ether oxygens (including phenoxy) is 1. The lowest BCUT2D eigenvalue weighted by Crippen LogP contribution is -2.46. The molecule has 1 heterocycles. The molecule has 1 aliphatic heterocycles. The molecular formula is C13H28N2O3S. The number of sulfonamides is 1. The van der Waals surface area contributed by atoms with Gasteiger partial charge in [0.15, 0.2) is 0 Å². The monoisotopic (exact) mass is 292 g/mol. The van der Waals surface area contributed by atoms with Crippen molar-refractivity contribution in [2.24, 2.45) is 0 Å². The maximum Gasteiger partial charge on any atom is 0.211 e. The van der Waals surface area contributed by atoms with E-state index >= 15 is 0 Å². The Morgan fingerprint density at radius 1 is 1.32 bits per heavy atom. The first kappa shape index (κ1) is 16.9. The fourth-order valence-corrected chi connectivity index (χ4v) is 3.69. The second kappa shape index (κ2) is 7.57. The van der Waals surface area contributed by atoms with Gasteiger partial charge in [0, 0.05) is 12.6 Å². The fraction of sp³-hybridized carbons (Fsp3) is 1.00. The van der Waals surface area contributed by atoms with Crippen molar-refractivity contribution in [3.63, 3.8) is 0 Å². The van der Waals surface area contributed by atoms with Crippen LogP contribution in [0.25, 0.3) is 0 Å². The van der Waals surface area contributed by atoms with Gasteiger partial charge in [-0.15, -0.1) is 0 Å². The molecule has 0 aromatic heterocycles. The zero-order valence-electron chi connectivity index (χ0n) is 12.4. The van der Waals surface area contributed by atoms with Gasteiger partial charge in [0.2, 0.25) is 10.0 Å². The summed E-state index contributed by atoms with van der Waals surface area (Å²) in [6.45, 7) is 8.43. The van der Waals surface area contributed by atoms with Crippen molar-refractivity contribution in [2.45, 2.75) is 58.1 Å². The number of hydrogen-bond donors (Lipinski definition) is 2. The molecule has 6 heteroatoms. The molecule has 1 atom stereocenters. The van der Waals surface area contributed by atoms with Crippen molar-refractivity contribution >= 4 is 10.0 Å². The maximum atomic E-state index is 12.0. The van der Waals surface area contributed by atoms with Crippen LogP contribution in [0.3, 0.4) is 0 Å². The lowest BCUT2D eigenvalue weighted by Gasteiger charge is -2.35. The van der Waals surface area contributed by atoms with Crippen LogP contribution >= 0.6 is 0 Å². The summed E-state index contributed by atoms with van der Waals surface area (Å²) in [7, 11) is -3.16. The third-order valence-electron chi connectivity index (χ3n) is 3.24. The maximum absolute atomic E-state index is 12.0. The van der Waals surface area contributed by atoms with E-state index in [2.05, 4.69) is 17.0 Å². The van der Waals surface area contributed by atoms with Crippen molar-refractivity contribution in [3.05, 3.63) is 0 Å². The first-order valence-electron chi connectivity index (χ1n) is 7.19. The van der Waals surface area contributed by atoms with Gasteiger partial charge in [-0.05, 0) is 52.6 Å². The van der Waals surface area contributed by atoms with E-state index in [1.165, 1.54) is 0 Å². The summed E-state index contributed by atoms with van der Waals surface area (Å²) in [4.78, 5) is 0. The van der Waals surface area contributed by atoms with Crippen molar-refractivity contribution < 1.29 is 13.2 Å². The molecule has 0 saturated carbocycles. The molecule has 1 saturated heterocycles. The van der Waals surface area contributed by atoms with Crippen LogP contribution in [0.15, 0.2) is 0 Å². The Bertz CT molecular complexity index is 355. The summed E-state index contributed by atoms with van der Waals surface area (Å²) in [6.07, 6.45) is 3.22. The van der Waals surface area contributed by atoms with E-state index < -0.39 is 10.0 Å². The van der Waals surface area contributed by atoms with Crippen LogP contribution in [-0.4, -0.2) is 45.5 Å². The highest BCUT2D eigenvalue weighted by molar-refractivity contribution is 7.89. The molecule has 0 aromatic carbocycles. The summed E-state index contributed by atoms with van der Waals surface area (Å²) in [6, 6.07) is 0.0114. The van der Waals surface area contributed by atoms with Gasteiger partial charge in [0.05, 0.1) is 11.4 Å². The SMILES string of the molecule is CCCNCCCS(=O)(=O)NC1CCOC(C)(C)C1. The van der Waals surface area contributed by atoms with Gasteiger partial charge in [-0.25, -0.2) is 13.1 Å². The summed E-state index contributed by atoms with van der Waals surface area (Å²) >= 11 is 0. The Hall–Kier alpha value is -0.170. The van der Waals surface area contributed by atoms with Crippen LogP contribution in [0.5, 0.6) is 0 Å². The minimum atomic E-state index is -3.16. The molecule has 5 nitrogen and oxygen atoms in total. The fourth-order valence-electron chi connectivity index (χ4n) is 2.33. The number of rotatable bonds is 8. The van der Waals surface area contributed by atoms with Gasteiger partial charge in [-0.3, -0.25) is 0 Å². The molecule has 0 aliphatic carbocycles. The lowest BCUT2D eigenvalue weighted by molar-refractivity contribution is -0.0599. The van der Waals surface area contributed by atoms with Gasteiger partial charge in [0.1, 0.15) is 0 Å². The molecule has 0 spiro atoms. The largest absolute Gasteiger partial charge is 0.375 e. The van der Waals surface area contributed by atoms with E-state index in [4.69, 9.17) is 4.74 Å². The molecular weight excluding hydrogens is 264 g/mol. The molecule has 19 heavy (non-hydrogen) atoms. The molecule has 1 rings (SSSR count). The number of hydrogen-bond acceptors (Lipinski definition) is 4. The summed E-state index contributed by atoms with van der Waals surface area (Å²) < 4.78 is 32.3. The highest BCUT2D eigenvalue weighted by Crippen LogP contribution is 2.24. The molecule has 1 fully saturated rings. The molecule has 0 bridgehead atoms. The van der Waals surface area contributed by atoms with Crippen molar-refractivity contribution in [2.75, 3.05) is 25.4 Å². The Balaban J connectivity index is 2.29. The smallest absolute Gasteiger partial charge is 0.211 e. The average molecular weight is 292 g/mol. The highest BCUT2D eigenvalue weighted by atomic mass is 32.2. The normalized spacial score (nSPS) is 23.4. The lowest BCUT2D eigenvalue weighted by atomic mass is 9.95. The molecule has 1 unspecified atom stereocenters. The Labute approximate surface area is 117 Å². The standard InChI is InChI=1S/C13H28N2O3S/c1-4-7-14-8-5-10-19(16,17)15-12-6-9-18-13(2,3)11-12/h12,14-15H,4-11H2,1-3H3. The van der Waals surface area contributed by atoms with E-state index in [1.807, 2.05) is 13.8 Å². The highest BCUT2D eigenvalue weighted by Gasteiger charge is 2.30. The van der Waals surface area contributed by atoms with Crippen LogP contribution in [0, 0.1) is 0 Å². The first-order chi connectivity index (χ1) is 8.85. The molecule has 0 radical (unpaired) electrons.